The molecule has 0 aliphatic carbocycles. The van der Waals surface area contributed by atoms with Gasteiger partial charge in [0.05, 0.1) is 19.3 Å². The Kier molecular flexibility index (Phi) is 7.18. The van der Waals surface area contributed by atoms with Gasteiger partial charge in [0.15, 0.2) is 10.7 Å². The van der Waals surface area contributed by atoms with Crippen LogP contribution in [0.2, 0.25) is 0 Å². The summed E-state index contributed by atoms with van der Waals surface area (Å²) in [4.78, 5) is 12.9. The molecule has 4 rings (SSSR count). The summed E-state index contributed by atoms with van der Waals surface area (Å²) < 4.78 is 44.2. The maximum atomic E-state index is 13.5. The van der Waals surface area contributed by atoms with E-state index in [1.807, 2.05) is 24.3 Å². The van der Waals surface area contributed by atoms with Gasteiger partial charge in [-0.2, -0.15) is 4.31 Å². The summed E-state index contributed by atoms with van der Waals surface area (Å²) in [6, 6.07) is 10.9. The number of furan rings is 1. The average Bonchev–Trinajstić information content (AvgIpc) is 3.51. The first-order valence-corrected chi connectivity index (χ1v) is 12.4. The molecule has 2 aromatic heterocycles. The first-order chi connectivity index (χ1) is 16.4. The number of benzene rings is 1. The zero-order valence-electron chi connectivity index (χ0n) is 19.1. The van der Waals surface area contributed by atoms with E-state index >= 15 is 0 Å². The number of sulfonamides is 1. The Morgan fingerprint density at radius 2 is 2.09 bits per heavy atom. The monoisotopic (exact) mass is 485 g/mol. The highest BCUT2D eigenvalue weighted by Crippen LogP contribution is 2.29. The number of carbonyl (C=O) groups excluding carboxylic acids is 1. The summed E-state index contributed by atoms with van der Waals surface area (Å²) in [6.45, 7) is 2.30. The van der Waals surface area contributed by atoms with Gasteiger partial charge in [0, 0.05) is 25.2 Å². The van der Waals surface area contributed by atoms with Crippen molar-refractivity contribution in [3.05, 3.63) is 65.4 Å². The average molecular weight is 486 g/mol. The van der Waals surface area contributed by atoms with Crippen LogP contribution in [-0.2, 0) is 21.4 Å². The number of nitrogens with one attached hydrogen (secondary N) is 1. The molecule has 34 heavy (non-hydrogen) atoms. The fraction of sp³-hybridized carbons (Fsp3) is 0.333. The van der Waals surface area contributed by atoms with Crippen molar-refractivity contribution in [1.29, 1.82) is 0 Å². The van der Waals surface area contributed by atoms with Gasteiger partial charge in [-0.15, -0.1) is 0 Å². The molecule has 1 aromatic carbocycles. The number of ether oxygens (including phenoxy) is 1. The third-order valence-electron chi connectivity index (χ3n) is 5.77. The lowest BCUT2D eigenvalue weighted by atomic mass is 9.98. The predicted octanol–water partition coefficient (Wildman–Crippen LogP) is 3.47. The third kappa shape index (κ3) is 5.07. The summed E-state index contributed by atoms with van der Waals surface area (Å²) in [5, 5.41) is 6.77. The Labute approximate surface area is 198 Å². The van der Waals surface area contributed by atoms with E-state index in [0.29, 0.717) is 37.4 Å². The van der Waals surface area contributed by atoms with Crippen LogP contribution >= 0.6 is 0 Å². The molecular weight excluding hydrogens is 458 g/mol. The summed E-state index contributed by atoms with van der Waals surface area (Å²) in [6.07, 6.45) is 5.84. The number of aryl methyl sites for hydroxylation is 1. The van der Waals surface area contributed by atoms with Crippen molar-refractivity contribution in [2.75, 3.05) is 20.2 Å². The van der Waals surface area contributed by atoms with Crippen LogP contribution < -0.4 is 10.1 Å². The second kappa shape index (κ2) is 10.3. The van der Waals surface area contributed by atoms with Crippen LogP contribution in [0.25, 0.3) is 12.2 Å². The minimum absolute atomic E-state index is 0.00499. The summed E-state index contributed by atoms with van der Waals surface area (Å²) in [5.74, 6) is 0.721. The number of hydrogen-bond acceptors (Lipinski definition) is 7. The van der Waals surface area contributed by atoms with E-state index in [9.17, 15) is 13.2 Å². The van der Waals surface area contributed by atoms with Crippen LogP contribution in [0, 0.1) is 12.8 Å². The van der Waals surface area contributed by atoms with E-state index in [1.54, 1.807) is 32.2 Å². The van der Waals surface area contributed by atoms with Crippen LogP contribution in [0.5, 0.6) is 5.75 Å². The van der Waals surface area contributed by atoms with E-state index in [-0.39, 0.29) is 28.8 Å². The second-order valence-electron chi connectivity index (χ2n) is 8.04. The highest BCUT2D eigenvalue weighted by molar-refractivity contribution is 7.89. The molecule has 3 aromatic rings. The Hall–Kier alpha value is -3.37. The van der Waals surface area contributed by atoms with Crippen molar-refractivity contribution < 1.29 is 26.9 Å². The normalized spacial score (nSPS) is 17.2. The molecule has 0 bridgehead atoms. The predicted molar refractivity (Wildman–Crippen MR) is 125 cm³/mol. The van der Waals surface area contributed by atoms with Crippen molar-refractivity contribution in [3.8, 4) is 5.75 Å². The molecule has 3 heterocycles. The molecule has 1 unspecified atom stereocenters. The topological polar surface area (TPSA) is 115 Å². The lowest BCUT2D eigenvalue weighted by molar-refractivity contribution is -0.126. The molecule has 1 saturated heterocycles. The van der Waals surface area contributed by atoms with Gasteiger partial charge in [-0.25, -0.2) is 8.42 Å². The van der Waals surface area contributed by atoms with Crippen molar-refractivity contribution in [2.45, 2.75) is 31.2 Å². The largest absolute Gasteiger partial charge is 0.496 e. The molecule has 0 saturated carbocycles. The number of hydrogen-bond donors (Lipinski definition) is 1. The molecule has 1 N–H and O–H groups in total. The van der Waals surface area contributed by atoms with Crippen LogP contribution in [-0.4, -0.2) is 44.0 Å². The summed E-state index contributed by atoms with van der Waals surface area (Å²) in [5.41, 5.74) is 1.12. The molecule has 1 aliphatic heterocycles. The molecule has 10 heteroatoms. The lowest BCUT2D eigenvalue weighted by Gasteiger charge is -2.31. The quantitative estimate of drug-likeness (QED) is 0.519. The molecule has 1 aliphatic rings. The molecule has 1 atom stereocenters. The highest BCUT2D eigenvalue weighted by atomic mass is 32.2. The van der Waals surface area contributed by atoms with E-state index in [1.165, 1.54) is 16.6 Å². The van der Waals surface area contributed by atoms with E-state index in [2.05, 4.69) is 10.5 Å². The van der Waals surface area contributed by atoms with Gasteiger partial charge in [0.25, 0.3) is 0 Å². The standard InChI is InChI=1S/C24H27N3O6S/c1-17-23(22(33-26-17)12-11-20-9-6-14-32-20)34(29,30)27-13-5-8-19(16-27)24(28)25-15-18-7-3-4-10-21(18)31-2/h3-4,6-7,9-12,14,19H,5,8,13,15-16H2,1-2H3,(H,25,28)/b12-11+. The smallest absolute Gasteiger partial charge is 0.248 e. The lowest BCUT2D eigenvalue weighted by Crippen LogP contribution is -2.45. The number of methoxy groups -OCH3 is 1. The second-order valence-corrected chi connectivity index (χ2v) is 9.92. The number of piperidine rings is 1. The van der Waals surface area contributed by atoms with Crippen LogP contribution in [0.4, 0.5) is 0 Å². The Bertz CT molecular complexity index is 1260. The van der Waals surface area contributed by atoms with Crippen molar-refractivity contribution >= 4 is 28.1 Å². The summed E-state index contributed by atoms with van der Waals surface area (Å²) in [7, 11) is -2.34. The molecular formula is C24H27N3O6S. The fourth-order valence-electron chi connectivity index (χ4n) is 4.02. The van der Waals surface area contributed by atoms with Gasteiger partial charge < -0.3 is 19.0 Å². The molecule has 180 valence electrons. The van der Waals surface area contributed by atoms with E-state index in [0.717, 1.165) is 5.56 Å². The van der Waals surface area contributed by atoms with Crippen molar-refractivity contribution in [3.63, 3.8) is 0 Å². The Balaban J connectivity index is 1.47. The third-order valence-corrected chi connectivity index (χ3v) is 7.80. The molecule has 1 amide bonds. The van der Waals surface area contributed by atoms with Crippen LogP contribution in [0.1, 0.15) is 35.6 Å². The number of rotatable bonds is 8. The number of nitrogens with zero attached hydrogens (tertiary/aromatic N) is 2. The highest BCUT2D eigenvalue weighted by Gasteiger charge is 2.36. The Morgan fingerprint density at radius 1 is 1.26 bits per heavy atom. The first-order valence-electron chi connectivity index (χ1n) is 11.0. The van der Waals surface area contributed by atoms with Gasteiger partial charge in [0.2, 0.25) is 15.9 Å². The van der Waals surface area contributed by atoms with Crippen LogP contribution in [0.15, 0.2) is 56.5 Å². The van der Waals surface area contributed by atoms with E-state index < -0.39 is 15.9 Å². The van der Waals surface area contributed by atoms with Crippen molar-refractivity contribution in [2.24, 2.45) is 5.92 Å². The first kappa shape index (κ1) is 23.8. The number of amides is 1. The molecule has 1 fully saturated rings. The molecule has 0 spiro atoms. The van der Waals surface area contributed by atoms with Gasteiger partial charge in [-0.05, 0) is 50.1 Å². The maximum absolute atomic E-state index is 13.5. The zero-order chi connectivity index (χ0) is 24.1. The summed E-state index contributed by atoms with van der Waals surface area (Å²) >= 11 is 0. The van der Waals surface area contributed by atoms with Gasteiger partial charge in [-0.3, -0.25) is 4.79 Å². The Morgan fingerprint density at radius 3 is 2.85 bits per heavy atom. The number of carbonyl (C=O) groups is 1. The zero-order valence-corrected chi connectivity index (χ0v) is 19.9. The number of para-hydroxylation sites is 1. The van der Waals surface area contributed by atoms with Gasteiger partial charge >= 0.3 is 0 Å². The maximum Gasteiger partial charge on any atom is 0.248 e. The fourth-order valence-corrected chi connectivity index (χ4v) is 5.80. The molecule has 0 radical (unpaired) electrons. The van der Waals surface area contributed by atoms with Gasteiger partial charge in [0.1, 0.15) is 17.2 Å². The molecule has 9 nitrogen and oxygen atoms in total. The SMILES string of the molecule is COc1ccccc1CNC(=O)C1CCCN(S(=O)(=O)c2c(C)noc2/C=C/c2ccco2)C1. The van der Waals surface area contributed by atoms with E-state index in [4.69, 9.17) is 13.7 Å². The van der Waals surface area contributed by atoms with Crippen molar-refractivity contribution in [1.82, 2.24) is 14.8 Å². The van der Waals surface area contributed by atoms with Crippen LogP contribution in [0.3, 0.4) is 0 Å². The van der Waals surface area contributed by atoms with Gasteiger partial charge in [-0.1, -0.05) is 23.4 Å². The minimum atomic E-state index is -3.92. The minimum Gasteiger partial charge on any atom is -0.496 e. The number of aromatic nitrogens is 1.